The minimum absolute atomic E-state index is 0.123. The van der Waals surface area contributed by atoms with Gasteiger partial charge in [0.15, 0.2) is 0 Å². The van der Waals surface area contributed by atoms with E-state index in [4.69, 9.17) is 11.6 Å². The molecule has 1 aromatic carbocycles. The van der Waals surface area contributed by atoms with Crippen molar-refractivity contribution in [1.29, 1.82) is 0 Å². The van der Waals surface area contributed by atoms with Crippen LogP contribution >= 0.6 is 11.6 Å². The zero-order valence-electron chi connectivity index (χ0n) is 21.8. The SMILES string of the molecule is O=C(NC1CCC(Cn2c(=O)n(-c3ccnc(-n4ccnc4)c3)c3ccccc32)CC1)c1cc(Cl)cnc1C(F)F. The van der Waals surface area contributed by atoms with Crippen molar-refractivity contribution in [2.75, 3.05) is 0 Å². The van der Waals surface area contributed by atoms with E-state index in [0.29, 0.717) is 30.9 Å². The number of amides is 1. The molecule has 41 heavy (non-hydrogen) atoms. The number of benzene rings is 1. The van der Waals surface area contributed by atoms with Crippen molar-refractivity contribution in [3.63, 3.8) is 0 Å². The molecule has 210 valence electrons. The highest BCUT2D eigenvalue weighted by Gasteiger charge is 2.27. The van der Waals surface area contributed by atoms with Gasteiger partial charge in [0.2, 0.25) is 0 Å². The van der Waals surface area contributed by atoms with E-state index >= 15 is 0 Å². The Morgan fingerprint density at radius 2 is 1.83 bits per heavy atom. The molecule has 0 bridgehead atoms. The number of alkyl halides is 2. The molecule has 1 amide bonds. The fourth-order valence-corrected chi connectivity index (χ4v) is 5.69. The summed E-state index contributed by atoms with van der Waals surface area (Å²) < 4.78 is 32.0. The molecular formula is C29H26ClF2N7O2. The second-order valence-electron chi connectivity index (χ2n) is 10.1. The Kier molecular flexibility index (Phi) is 7.36. The van der Waals surface area contributed by atoms with Crippen molar-refractivity contribution < 1.29 is 13.6 Å². The van der Waals surface area contributed by atoms with E-state index in [2.05, 4.69) is 20.3 Å². The fraction of sp³-hybridized carbons (Fsp3) is 0.276. The maximum absolute atomic E-state index is 13.8. The molecule has 0 unspecified atom stereocenters. The van der Waals surface area contributed by atoms with Gasteiger partial charge in [0.05, 0.1) is 27.3 Å². The molecule has 1 aliphatic carbocycles. The smallest absolute Gasteiger partial charge is 0.333 e. The minimum Gasteiger partial charge on any atom is -0.349 e. The van der Waals surface area contributed by atoms with Gasteiger partial charge in [-0.3, -0.25) is 23.5 Å². The maximum atomic E-state index is 13.8. The van der Waals surface area contributed by atoms with Crippen LogP contribution in [0.25, 0.3) is 22.5 Å². The van der Waals surface area contributed by atoms with Crippen LogP contribution in [-0.4, -0.2) is 40.6 Å². The van der Waals surface area contributed by atoms with Crippen molar-refractivity contribution >= 4 is 28.5 Å². The molecule has 4 heterocycles. The third kappa shape index (κ3) is 5.37. The number of carbonyl (C=O) groups is 1. The third-order valence-corrected chi connectivity index (χ3v) is 7.76. The second-order valence-corrected chi connectivity index (χ2v) is 10.6. The molecule has 0 spiro atoms. The van der Waals surface area contributed by atoms with Gasteiger partial charge in [-0.25, -0.2) is 23.5 Å². The van der Waals surface area contributed by atoms with Crippen molar-refractivity contribution in [2.24, 2.45) is 5.92 Å². The van der Waals surface area contributed by atoms with Gasteiger partial charge >= 0.3 is 5.69 Å². The highest BCUT2D eigenvalue weighted by molar-refractivity contribution is 6.30. The van der Waals surface area contributed by atoms with Crippen LogP contribution in [0.1, 0.15) is 48.2 Å². The number of para-hydroxylation sites is 2. The molecule has 1 saturated carbocycles. The average molecular weight is 578 g/mol. The van der Waals surface area contributed by atoms with Crippen molar-refractivity contribution in [3.8, 4) is 11.5 Å². The van der Waals surface area contributed by atoms with Gasteiger partial charge in [-0.05, 0) is 55.9 Å². The molecule has 6 rings (SSSR count). The van der Waals surface area contributed by atoms with Gasteiger partial charge in [-0.15, -0.1) is 0 Å². The van der Waals surface area contributed by atoms with Gasteiger partial charge in [0, 0.05) is 43.4 Å². The predicted molar refractivity (Wildman–Crippen MR) is 150 cm³/mol. The molecule has 1 aliphatic rings. The van der Waals surface area contributed by atoms with Gasteiger partial charge in [-0.2, -0.15) is 0 Å². The molecule has 1 N–H and O–H groups in total. The Hall–Kier alpha value is -4.38. The van der Waals surface area contributed by atoms with Gasteiger partial charge in [-0.1, -0.05) is 23.7 Å². The summed E-state index contributed by atoms with van der Waals surface area (Å²) in [6, 6.07) is 12.4. The number of halogens is 3. The van der Waals surface area contributed by atoms with Crippen LogP contribution in [0, 0.1) is 5.92 Å². The Balaban J connectivity index is 1.19. The van der Waals surface area contributed by atoms with Crippen LogP contribution < -0.4 is 11.0 Å². The Morgan fingerprint density at radius 3 is 2.56 bits per heavy atom. The lowest BCUT2D eigenvalue weighted by Gasteiger charge is -2.29. The third-order valence-electron chi connectivity index (χ3n) is 7.55. The zero-order valence-corrected chi connectivity index (χ0v) is 22.6. The summed E-state index contributed by atoms with van der Waals surface area (Å²) in [5, 5.41) is 2.99. The molecule has 0 saturated heterocycles. The molecule has 1 fully saturated rings. The number of nitrogens with zero attached hydrogens (tertiary/aromatic N) is 6. The molecule has 0 radical (unpaired) electrons. The summed E-state index contributed by atoms with van der Waals surface area (Å²) in [5.74, 6) is 0.257. The molecule has 9 nitrogen and oxygen atoms in total. The van der Waals surface area contributed by atoms with E-state index in [9.17, 15) is 18.4 Å². The van der Waals surface area contributed by atoms with E-state index < -0.39 is 18.0 Å². The van der Waals surface area contributed by atoms with E-state index in [1.807, 2.05) is 34.9 Å². The van der Waals surface area contributed by atoms with Crippen LogP contribution in [0.4, 0.5) is 8.78 Å². The number of fused-ring (bicyclic) bond motifs is 1. The van der Waals surface area contributed by atoms with Crippen LogP contribution in [0.15, 0.2) is 78.4 Å². The lowest BCUT2D eigenvalue weighted by atomic mass is 9.85. The monoisotopic (exact) mass is 577 g/mol. The fourth-order valence-electron chi connectivity index (χ4n) is 5.53. The highest BCUT2D eigenvalue weighted by Crippen LogP contribution is 2.29. The maximum Gasteiger partial charge on any atom is 0.333 e. The topological polar surface area (TPSA) is 99.6 Å². The van der Waals surface area contributed by atoms with Gasteiger partial charge in [0.25, 0.3) is 12.3 Å². The minimum atomic E-state index is -2.88. The number of carbonyl (C=O) groups excluding carboxylic acids is 1. The summed E-state index contributed by atoms with van der Waals surface area (Å²) in [7, 11) is 0. The summed E-state index contributed by atoms with van der Waals surface area (Å²) in [4.78, 5) is 38.7. The molecule has 0 atom stereocenters. The van der Waals surface area contributed by atoms with E-state index in [1.54, 1.807) is 40.1 Å². The lowest BCUT2D eigenvalue weighted by molar-refractivity contribution is 0.0904. The molecular weight excluding hydrogens is 552 g/mol. The number of rotatable bonds is 7. The molecule has 12 heteroatoms. The summed E-state index contributed by atoms with van der Waals surface area (Å²) in [5.41, 5.74) is 1.41. The van der Waals surface area contributed by atoms with E-state index in [-0.39, 0.29) is 28.2 Å². The lowest BCUT2D eigenvalue weighted by Crippen LogP contribution is -2.39. The van der Waals surface area contributed by atoms with Gasteiger partial charge < -0.3 is 5.32 Å². The average Bonchev–Trinajstić information content (AvgIpc) is 3.61. The summed E-state index contributed by atoms with van der Waals surface area (Å²) in [6.07, 6.45) is 7.89. The van der Waals surface area contributed by atoms with Crippen LogP contribution in [-0.2, 0) is 6.54 Å². The summed E-state index contributed by atoms with van der Waals surface area (Å²) >= 11 is 5.91. The Labute approximate surface area is 238 Å². The second kappa shape index (κ2) is 11.2. The van der Waals surface area contributed by atoms with Crippen LogP contribution in [0.2, 0.25) is 5.02 Å². The largest absolute Gasteiger partial charge is 0.349 e. The number of hydrogen-bond donors (Lipinski definition) is 1. The van der Waals surface area contributed by atoms with Crippen molar-refractivity contribution in [1.82, 2.24) is 34.0 Å². The first-order chi connectivity index (χ1) is 19.9. The first-order valence-electron chi connectivity index (χ1n) is 13.3. The Morgan fingerprint density at radius 1 is 1.05 bits per heavy atom. The normalized spacial score (nSPS) is 17.3. The highest BCUT2D eigenvalue weighted by atomic mass is 35.5. The molecule has 4 aromatic heterocycles. The predicted octanol–water partition coefficient (Wildman–Crippen LogP) is 5.35. The first-order valence-corrected chi connectivity index (χ1v) is 13.7. The number of aromatic nitrogens is 6. The standard InChI is InChI=1S/C29H26ClF2N7O2/c30-19-13-22(26(27(31)32)35-15-19)28(40)36-20-7-5-18(6-8-20)16-38-23-3-1-2-4-24(23)39(29(38)41)21-9-10-34-25(14-21)37-12-11-33-17-37/h1-4,9-15,17-18,20,27H,5-8,16H2,(H,36,40). The van der Waals surface area contributed by atoms with Gasteiger partial charge in [0.1, 0.15) is 17.8 Å². The van der Waals surface area contributed by atoms with Crippen LogP contribution in [0.5, 0.6) is 0 Å². The number of imidazole rings is 2. The first kappa shape index (κ1) is 26.8. The van der Waals surface area contributed by atoms with Crippen molar-refractivity contribution in [2.45, 2.75) is 44.7 Å². The molecule has 5 aromatic rings. The van der Waals surface area contributed by atoms with E-state index in [0.717, 1.165) is 30.1 Å². The van der Waals surface area contributed by atoms with Crippen LogP contribution in [0.3, 0.4) is 0 Å². The Bertz CT molecular complexity index is 1760. The number of hydrogen-bond acceptors (Lipinski definition) is 5. The van der Waals surface area contributed by atoms with Crippen molar-refractivity contribution in [3.05, 3.63) is 100 Å². The molecule has 0 aliphatic heterocycles. The van der Waals surface area contributed by atoms with E-state index in [1.165, 1.54) is 6.07 Å². The number of nitrogens with one attached hydrogen (secondary N) is 1. The summed E-state index contributed by atoms with van der Waals surface area (Å²) in [6.45, 7) is 0.528. The zero-order chi connectivity index (χ0) is 28.5. The quantitative estimate of drug-likeness (QED) is 0.281. The number of pyridine rings is 2.